The molecule has 1 fully saturated rings. The van der Waals surface area contributed by atoms with Crippen molar-refractivity contribution in [3.8, 4) is 0 Å². The number of rotatable bonds is 5. The molecule has 0 aliphatic carbocycles. The summed E-state index contributed by atoms with van der Waals surface area (Å²) in [5.74, 6) is -4.71. The lowest BCUT2D eigenvalue weighted by Gasteiger charge is -2.37. The van der Waals surface area contributed by atoms with Gasteiger partial charge in [-0.1, -0.05) is 29.8 Å². The third-order valence-corrected chi connectivity index (χ3v) is 4.80. The number of pyridine rings is 1. The van der Waals surface area contributed by atoms with Gasteiger partial charge in [-0.05, 0) is 25.0 Å². The summed E-state index contributed by atoms with van der Waals surface area (Å²) in [5, 5.41) is 2.70. The molecule has 1 aromatic carbocycles. The highest BCUT2D eigenvalue weighted by atomic mass is 19.3. The largest absolute Gasteiger partial charge is 0.445 e. The van der Waals surface area contributed by atoms with Crippen LogP contribution < -0.4 is 5.32 Å². The molecule has 2 aromatic rings. The molecule has 1 N–H and O–H groups in total. The molecule has 0 spiro atoms. The number of nitrogens with zero attached hydrogens (tertiary/aromatic N) is 2. The van der Waals surface area contributed by atoms with Gasteiger partial charge < -0.3 is 15.0 Å². The molecule has 1 amide bonds. The van der Waals surface area contributed by atoms with Crippen molar-refractivity contribution in [2.75, 3.05) is 25.0 Å². The van der Waals surface area contributed by atoms with Gasteiger partial charge in [0.1, 0.15) is 6.61 Å². The average molecular weight is 393 g/mol. The van der Waals surface area contributed by atoms with Crippen molar-refractivity contribution in [3.63, 3.8) is 0 Å². The Bertz CT molecular complexity index is 815. The maximum absolute atomic E-state index is 14.5. The number of piperidine rings is 1. The van der Waals surface area contributed by atoms with Crippen LogP contribution in [0.1, 0.15) is 17.5 Å². The molecule has 1 aromatic heterocycles. The number of carbonyl (C=O) groups is 1. The highest BCUT2D eigenvalue weighted by Gasteiger charge is 2.46. The smallest absolute Gasteiger partial charge is 0.410 e. The standard InChI is InChI=1S/C20H22F3N3O2/c1-14-2-4-15(5-3-14)12-28-19(27)26-9-7-16(20(22,23)13-26)10-25-18-6-8-24-11-17(18)21/h2-6,8,11,16H,7,9-10,12-13H2,1H3,(H,24,25)/t16-/m1/s1. The molecule has 28 heavy (non-hydrogen) atoms. The number of carbonyl (C=O) groups excluding carboxylic acids is 1. The zero-order chi connectivity index (χ0) is 20.1. The minimum Gasteiger partial charge on any atom is -0.445 e. The summed E-state index contributed by atoms with van der Waals surface area (Å²) < 4.78 is 47.7. The molecule has 0 radical (unpaired) electrons. The van der Waals surface area contributed by atoms with Crippen molar-refractivity contribution >= 4 is 11.8 Å². The van der Waals surface area contributed by atoms with E-state index in [9.17, 15) is 18.0 Å². The normalized spacial score (nSPS) is 18.6. The predicted molar refractivity (Wildman–Crippen MR) is 98.7 cm³/mol. The van der Waals surface area contributed by atoms with Crippen LogP contribution in [0.25, 0.3) is 0 Å². The number of benzene rings is 1. The number of amides is 1. The maximum atomic E-state index is 14.5. The van der Waals surface area contributed by atoms with Crippen molar-refractivity contribution < 1.29 is 22.7 Å². The van der Waals surface area contributed by atoms with E-state index in [4.69, 9.17) is 4.74 Å². The van der Waals surface area contributed by atoms with E-state index >= 15 is 0 Å². The Morgan fingerprint density at radius 3 is 2.75 bits per heavy atom. The van der Waals surface area contributed by atoms with Crippen LogP contribution in [0.5, 0.6) is 0 Å². The second-order valence-electron chi connectivity index (χ2n) is 6.94. The lowest BCUT2D eigenvalue weighted by atomic mass is 9.93. The summed E-state index contributed by atoms with van der Waals surface area (Å²) in [6, 6.07) is 8.83. The van der Waals surface area contributed by atoms with Crippen LogP contribution in [0.15, 0.2) is 42.7 Å². The number of anilines is 1. The van der Waals surface area contributed by atoms with Gasteiger partial charge in [0.25, 0.3) is 5.92 Å². The molecule has 0 saturated carbocycles. The molecular formula is C20H22F3N3O2. The lowest BCUT2D eigenvalue weighted by molar-refractivity contribution is -0.101. The highest BCUT2D eigenvalue weighted by molar-refractivity contribution is 5.68. The number of alkyl halides is 2. The Morgan fingerprint density at radius 2 is 2.07 bits per heavy atom. The Labute approximate surface area is 161 Å². The molecular weight excluding hydrogens is 371 g/mol. The summed E-state index contributed by atoms with van der Waals surface area (Å²) in [6.07, 6.45) is 1.74. The molecule has 8 heteroatoms. The molecule has 5 nitrogen and oxygen atoms in total. The molecule has 1 aliphatic heterocycles. The fourth-order valence-corrected chi connectivity index (χ4v) is 3.07. The Balaban J connectivity index is 1.51. The molecule has 0 bridgehead atoms. The minimum atomic E-state index is -3.10. The summed E-state index contributed by atoms with van der Waals surface area (Å²) in [7, 11) is 0. The highest BCUT2D eigenvalue weighted by Crippen LogP contribution is 2.33. The van der Waals surface area contributed by atoms with Gasteiger partial charge in [0.05, 0.1) is 18.4 Å². The summed E-state index contributed by atoms with van der Waals surface area (Å²) >= 11 is 0. The first-order valence-electron chi connectivity index (χ1n) is 9.03. The van der Waals surface area contributed by atoms with E-state index in [1.54, 1.807) is 0 Å². The third-order valence-electron chi connectivity index (χ3n) is 4.80. The van der Waals surface area contributed by atoms with Crippen LogP contribution in [-0.4, -0.2) is 41.5 Å². The molecule has 1 atom stereocenters. The monoisotopic (exact) mass is 393 g/mol. The number of aromatic nitrogens is 1. The van der Waals surface area contributed by atoms with E-state index in [1.807, 2.05) is 31.2 Å². The molecule has 0 unspecified atom stereocenters. The van der Waals surface area contributed by atoms with Gasteiger partial charge in [0, 0.05) is 25.2 Å². The quantitative estimate of drug-likeness (QED) is 0.826. The molecule has 150 valence electrons. The van der Waals surface area contributed by atoms with Crippen molar-refractivity contribution in [2.24, 2.45) is 5.92 Å². The van der Waals surface area contributed by atoms with E-state index in [0.717, 1.165) is 22.2 Å². The summed E-state index contributed by atoms with van der Waals surface area (Å²) in [5.41, 5.74) is 2.01. The van der Waals surface area contributed by atoms with E-state index in [2.05, 4.69) is 10.3 Å². The predicted octanol–water partition coefficient (Wildman–Crippen LogP) is 4.24. The van der Waals surface area contributed by atoms with E-state index < -0.39 is 30.3 Å². The fourth-order valence-electron chi connectivity index (χ4n) is 3.07. The van der Waals surface area contributed by atoms with Crippen LogP contribution >= 0.6 is 0 Å². The Hall–Kier alpha value is -2.77. The van der Waals surface area contributed by atoms with E-state index in [1.165, 1.54) is 12.3 Å². The first-order valence-corrected chi connectivity index (χ1v) is 9.03. The van der Waals surface area contributed by atoms with Crippen LogP contribution in [0.3, 0.4) is 0 Å². The number of halogens is 3. The molecule has 3 rings (SSSR count). The van der Waals surface area contributed by atoms with Gasteiger partial charge in [-0.3, -0.25) is 4.98 Å². The van der Waals surface area contributed by atoms with Crippen molar-refractivity contribution in [3.05, 3.63) is 59.7 Å². The number of nitrogens with one attached hydrogen (secondary N) is 1. The zero-order valence-corrected chi connectivity index (χ0v) is 15.5. The van der Waals surface area contributed by atoms with Gasteiger partial charge in [0.15, 0.2) is 5.82 Å². The number of hydrogen-bond donors (Lipinski definition) is 1. The van der Waals surface area contributed by atoms with Crippen LogP contribution in [0.4, 0.5) is 23.7 Å². The van der Waals surface area contributed by atoms with Gasteiger partial charge in [0.2, 0.25) is 0 Å². The number of aryl methyl sites for hydroxylation is 1. The zero-order valence-electron chi connectivity index (χ0n) is 15.5. The van der Waals surface area contributed by atoms with Gasteiger partial charge in [-0.15, -0.1) is 0 Å². The number of ether oxygens (including phenoxy) is 1. The molecule has 1 saturated heterocycles. The second kappa shape index (κ2) is 8.50. The van der Waals surface area contributed by atoms with Crippen molar-refractivity contribution in [2.45, 2.75) is 25.9 Å². The van der Waals surface area contributed by atoms with Crippen LogP contribution in [0.2, 0.25) is 0 Å². The maximum Gasteiger partial charge on any atom is 0.410 e. The van der Waals surface area contributed by atoms with E-state index in [-0.39, 0.29) is 31.8 Å². The van der Waals surface area contributed by atoms with Crippen LogP contribution in [0, 0.1) is 18.7 Å². The van der Waals surface area contributed by atoms with Gasteiger partial charge >= 0.3 is 6.09 Å². The third kappa shape index (κ3) is 4.94. The molecule has 2 heterocycles. The summed E-state index contributed by atoms with van der Waals surface area (Å²) in [4.78, 5) is 16.8. The van der Waals surface area contributed by atoms with Crippen molar-refractivity contribution in [1.82, 2.24) is 9.88 Å². The van der Waals surface area contributed by atoms with Crippen molar-refractivity contribution in [1.29, 1.82) is 0 Å². The lowest BCUT2D eigenvalue weighted by Crippen LogP contribution is -2.52. The van der Waals surface area contributed by atoms with Gasteiger partial charge in [-0.25, -0.2) is 18.0 Å². The summed E-state index contributed by atoms with van der Waals surface area (Å²) in [6.45, 7) is 1.33. The Morgan fingerprint density at radius 1 is 1.32 bits per heavy atom. The SMILES string of the molecule is Cc1ccc(COC(=O)N2CC[C@H](CNc3ccncc3F)C(F)(F)C2)cc1. The average Bonchev–Trinajstić information content (AvgIpc) is 2.67. The topological polar surface area (TPSA) is 54.5 Å². The first-order chi connectivity index (χ1) is 13.3. The second-order valence-corrected chi connectivity index (χ2v) is 6.94. The number of hydrogen-bond acceptors (Lipinski definition) is 4. The fraction of sp³-hybridized carbons (Fsp3) is 0.400. The van der Waals surface area contributed by atoms with E-state index in [0.29, 0.717) is 0 Å². The number of likely N-dealkylation sites (tertiary alicyclic amines) is 1. The first kappa shape index (κ1) is 20.0. The van der Waals surface area contributed by atoms with Crippen LogP contribution in [-0.2, 0) is 11.3 Å². The Kier molecular flexibility index (Phi) is 6.06. The minimum absolute atomic E-state index is 0.0352. The van der Waals surface area contributed by atoms with Gasteiger partial charge in [-0.2, -0.15) is 0 Å². The molecule has 1 aliphatic rings.